The van der Waals surface area contributed by atoms with Crippen LogP contribution in [0.1, 0.15) is 24.8 Å². The maximum absolute atomic E-state index is 5.89. The van der Waals surface area contributed by atoms with Gasteiger partial charge in [-0.1, -0.05) is 12.5 Å². The Hall–Kier alpha value is -1.28. The van der Waals surface area contributed by atoms with Crippen molar-refractivity contribution in [2.75, 3.05) is 6.54 Å². The van der Waals surface area contributed by atoms with Gasteiger partial charge in [-0.3, -0.25) is 0 Å². The molecule has 0 unspecified atom stereocenters. The molecular weight excluding hydrogens is 198 g/mol. The minimum absolute atomic E-state index is 0.386. The summed E-state index contributed by atoms with van der Waals surface area (Å²) in [6.07, 6.45) is 6.77. The fourth-order valence-electron chi connectivity index (χ4n) is 2.69. The average Bonchev–Trinajstić information content (AvgIpc) is 2.70. The number of hydrogen-bond acceptors (Lipinski definition) is 2. The molecule has 1 aliphatic carbocycles. The molecule has 2 aromatic rings. The molecule has 0 aliphatic heterocycles. The topological polar surface area (TPSA) is 39.2 Å². The lowest BCUT2D eigenvalue weighted by atomic mass is 9.65. The lowest BCUT2D eigenvalue weighted by molar-refractivity contribution is 0.145. The summed E-state index contributed by atoms with van der Waals surface area (Å²) >= 11 is 0. The Morgan fingerprint density at radius 3 is 2.81 bits per heavy atom. The molecule has 1 fully saturated rings. The molecule has 1 aliphatic rings. The predicted molar refractivity (Wildman–Crippen MR) is 65.3 cm³/mol. The minimum atomic E-state index is 0.386. The van der Waals surface area contributed by atoms with Gasteiger partial charge < -0.3 is 10.2 Å². The van der Waals surface area contributed by atoms with Crippen molar-refractivity contribution in [1.82, 2.24) is 0 Å². The predicted octanol–water partition coefficient (Wildman–Crippen LogP) is 3.10. The molecule has 0 bridgehead atoms. The standard InChI is InChI=1S/C14H17NO/c15-10-14(5-1-6-14)9-11-2-3-13-12(8-11)4-7-16-13/h2-4,7-8H,1,5-6,9-10,15H2. The van der Waals surface area contributed by atoms with Crippen LogP contribution < -0.4 is 5.73 Å². The second-order valence-electron chi connectivity index (χ2n) is 5.03. The van der Waals surface area contributed by atoms with Crippen LogP contribution in [0.15, 0.2) is 34.9 Å². The summed E-state index contributed by atoms with van der Waals surface area (Å²) in [5.41, 5.74) is 8.64. The fraction of sp³-hybridized carbons (Fsp3) is 0.429. The Bertz CT molecular complexity index is 491. The van der Waals surface area contributed by atoms with Crippen molar-refractivity contribution in [3.63, 3.8) is 0 Å². The molecule has 1 heterocycles. The number of rotatable bonds is 3. The first-order chi connectivity index (χ1) is 7.81. The van der Waals surface area contributed by atoms with Crippen LogP contribution in [-0.2, 0) is 6.42 Å². The van der Waals surface area contributed by atoms with Crippen LogP contribution in [0.2, 0.25) is 0 Å². The Morgan fingerprint density at radius 1 is 1.25 bits per heavy atom. The quantitative estimate of drug-likeness (QED) is 0.854. The highest BCUT2D eigenvalue weighted by atomic mass is 16.3. The van der Waals surface area contributed by atoms with E-state index in [1.807, 2.05) is 6.07 Å². The Kier molecular flexibility index (Phi) is 2.25. The first kappa shape index (κ1) is 9.91. The number of fused-ring (bicyclic) bond motifs is 1. The maximum Gasteiger partial charge on any atom is 0.133 e. The van der Waals surface area contributed by atoms with Gasteiger partial charge in [0, 0.05) is 5.39 Å². The monoisotopic (exact) mass is 215 g/mol. The highest BCUT2D eigenvalue weighted by Crippen LogP contribution is 2.42. The molecule has 0 saturated heterocycles. The van der Waals surface area contributed by atoms with Crippen LogP contribution in [0.5, 0.6) is 0 Å². The smallest absolute Gasteiger partial charge is 0.133 e. The minimum Gasteiger partial charge on any atom is -0.464 e. The van der Waals surface area contributed by atoms with Gasteiger partial charge in [-0.15, -0.1) is 0 Å². The molecule has 3 rings (SSSR count). The van der Waals surface area contributed by atoms with Gasteiger partial charge in [-0.2, -0.15) is 0 Å². The van der Waals surface area contributed by atoms with E-state index in [1.54, 1.807) is 6.26 Å². The van der Waals surface area contributed by atoms with Crippen LogP contribution in [0.3, 0.4) is 0 Å². The van der Waals surface area contributed by atoms with E-state index in [-0.39, 0.29) is 0 Å². The van der Waals surface area contributed by atoms with Crippen LogP contribution in [0, 0.1) is 5.41 Å². The first-order valence-corrected chi connectivity index (χ1v) is 5.98. The molecule has 2 nitrogen and oxygen atoms in total. The van der Waals surface area contributed by atoms with Gasteiger partial charge in [0.25, 0.3) is 0 Å². The van der Waals surface area contributed by atoms with Gasteiger partial charge in [0.15, 0.2) is 0 Å². The first-order valence-electron chi connectivity index (χ1n) is 5.98. The SMILES string of the molecule is NCC1(Cc2ccc3occc3c2)CCC1. The summed E-state index contributed by atoms with van der Waals surface area (Å²) in [5.74, 6) is 0. The zero-order chi connectivity index (χ0) is 11.0. The van der Waals surface area contributed by atoms with E-state index in [1.165, 1.54) is 30.2 Å². The van der Waals surface area contributed by atoms with Crippen molar-refractivity contribution >= 4 is 11.0 Å². The van der Waals surface area contributed by atoms with Gasteiger partial charge in [-0.05, 0) is 55.0 Å². The third kappa shape index (κ3) is 1.54. The van der Waals surface area contributed by atoms with E-state index >= 15 is 0 Å². The fourth-order valence-corrected chi connectivity index (χ4v) is 2.69. The van der Waals surface area contributed by atoms with E-state index in [9.17, 15) is 0 Å². The van der Waals surface area contributed by atoms with Crippen molar-refractivity contribution < 1.29 is 4.42 Å². The second-order valence-corrected chi connectivity index (χ2v) is 5.03. The maximum atomic E-state index is 5.89. The van der Waals surface area contributed by atoms with Crippen LogP contribution >= 0.6 is 0 Å². The summed E-state index contributed by atoms with van der Waals surface area (Å²) < 4.78 is 5.34. The molecule has 1 saturated carbocycles. The average molecular weight is 215 g/mol. The molecule has 1 aromatic heterocycles. The van der Waals surface area contributed by atoms with Crippen molar-refractivity contribution in [3.05, 3.63) is 36.1 Å². The van der Waals surface area contributed by atoms with Gasteiger partial charge in [0.05, 0.1) is 6.26 Å². The van der Waals surface area contributed by atoms with E-state index in [2.05, 4.69) is 18.2 Å². The summed E-state index contributed by atoms with van der Waals surface area (Å²) in [6.45, 7) is 0.816. The summed E-state index contributed by atoms with van der Waals surface area (Å²) in [5, 5.41) is 1.20. The van der Waals surface area contributed by atoms with Gasteiger partial charge in [-0.25, -0.2) is 0 Å². The third-order valence-corrected chi connectivity index (χ3v) is 3.94. The van der Waals surface area contributed by atoms with Crippen molar-refractivity contribution in [3.8, 4) is 0 Å². The molecule has 2 N–H and O–H groups in total. The Labute approximate surface area is 95.4 Å². The van der Waals surface area contributed by atoms with E-state index < -0.39 is 0 Å². The molecule has 1 aromatic carbocycles. The van der Waals surface area contributed by atoms with Gasteiger partial charge in [0.1, 0.15) is 5.58 Å². The van der Waals surface area contributed by atoms with E-state index in [4.69, 9.17) is 10.2 Å². The van der Waals surface area contributed by atoms with Gasteiger partial charge >= 0.3 is 0 Å². The molecule has 84 valence electrons. The normalized spacial score (nSPS) is 18.6. The van der Waals surface area contributed by atoms with Crippen molar-refractivity contribution in [1.29, 1.82) is 0 Å². The van der Waals surface area contributed by atoms with Crippen LogP contribution in [0.25, 0.3) is 11.0 Å². The van der Waals surface area contributed by atoms with Crippen LogP contribution in [0.4, 0.5) is 0 Å². The second kappa shape index (κ2) is 3.63. The molecule has 16 heavy (non-hydrogen) atoms. The highest BCUT2D eigenvalue weighted by Gasteiger charge is 2.35. The third-order valence-electron chi connectivity index (χ3n) is 3.94. The molecule has 0 amide bonds. The Balaban J connectivity index is 1.88. The molecule has 0 atom stereocenters. The molecule has 0 spiro atoms. The van der Waals surface area contributed by atoms with Crippen molar-refractivity contribution in [2.24, 2.45) is 11.1 Å². The Morgan fingerprint density at radius 2 is 2.12 bits per heavy atom. The van der Waals surface area contributed by atoms with E-state index in [0.29, 0.717) is 5.41 Å². The number of hydrogen-bond donors (Lipinski definition) is 1. The molecule has 0 radical (unpaired) electrons. The number of furan rings is 1. The summed E-state index contributed by atoms with van der Waals surface area (Å²) in [6, 6.07) is 8.48. The lowest BCUT2D eigenvalue weighted by Gasteiger charge is -2.41. The number of nitrogens with two attached hydrogens (primary N) is 1. The highest BCUT2D eigenvalue weighted by molar-refractivity contribution is 5.77. The van der Waals surface area contributed by atoms with Crippen LogP contribution in [-0.4, -0.2) is 6.54 Å². The molecule has 2 heteroatoms. The number of benzene rings is 1. The zero-order valence-corrected chi connectivity index (χ0v) is 9.41. The van der Waals surface area contributed by atoms with E-state index in [0.717, 1.165) is 18.5 Å². The van der Waals surface area contributed by atoms with Crippen molar-refractivity contribution in [2.45, 2.75) is 25.7 Å². The lowest BCUT2D eigenvalue weighted by Crippen LogP contribution is -2.39. The zero-order valence-electron chi connectivity index (χ0n) is 9.41. The van der Waals surface area contributed by atoms with Gasteiger partial charge in [0.2, 0.25) is 0 Å². The summed E-state index contributed by atoms with van der Waals surface area (Å²) in [4.78, 5) is 0. The largest absolute Gasteiger partial charge is 0.464 e. The summed E-state index contributed by atoms with van der Waals surface area (Å²) in [7, 11) is 0. The molecular formula is C14H17NO.